The molecule has 3 rings (SSSR count). The molecule has 0 aliphatic rings. The quantitative estimate of drug-likeness (QED) is 0.582. The third-order valence-electron chi connectivity index (χ3n) is 2.91. The number of nitrogens with one attached hydrogen (secondary N) is 1. The molecule has 0 spiro atoms. The molecule has 24 heavy (non-hydrogen) atoms. The molecule has 0 unspecified atom stereocenters. The fourth-order valence-corrected chi connectivity index (χ4v) is 5.81. The minimum Gasteiger partial charge on any atom is -0.276 e. The molecule has 0 amide bonds. The molecule has 0 saturated carbocycles. The highest BCUT2D eigenvalue weighted by molar-refractivity contribution is 7.98. The summed E-state index contributed by atoms with van der Waals surface area (Å²) < 4.78 is 29.2. The minimum absolute atomic E-state index is 0.0365. The van der Waals surface area contributed by atoms with Crippen LogP contribution in [-0.4, -0.2) is 18.2 Å². The van der Waals surface area contributed by atoms with Gasteiger partial charge in [-0.05, 0) is 18.2 Å². The second kappa shape index (κ2) is 7.37. The van der Waals surface area contributed by atoms with E-state index in [1.165, 1.54) is 12.3 Å². The number of rotatable bonds is 6. The van der Waals surface area contributed by atoms with Crippen molar-refractivity contribution in [1.29, 1.82) is 0 Å². The summed E-state index contributed by atoms with van der Waals surface area (Å²) in [6, 6.07) is 11.2. The fourth-order valence-electron chi connectivity index (χ4n) is 1.86. The zero-order chi connectivity index (χ0) is 17.2. The van der Waals surface area contributed by atoms with E-state index in [1.54, 1.807) is 22.6 Å². The van der Waals surface area contributed by atoms with Crippen LogP contribution >= 0.6 is 46.3 Å². The Bertz CT molecular complexity index is 939. The topological polar surface area (TPSA) is 64.0 Å². The van der Waals surface area contributed by atoms with Gasteiger partial charge in [-0.25, -0.2) is 8.42 Å². The second-order valence-corrected chi connectivity index (χ2v) is 9.60. The van der Waals surface area contributed by atoms with Crippen molar-refractivity contribution in [2.45, 2.75) is 15.7 Å². The van der Waals surface area contributed by atoms with E-state index < -0.39 is 10.0 Å². The van der Waals surface area contributed by atoms with Crippen LogP contribution in [0, 0.1) is 0 Å². The van der Waals surface area contributed by atoms with Crippen LogP contribution in [0.25, 0.3) is 0 Å². The Hall–Kier alpha value is -1.19. The van der Waals surface area contributed by atoms with Crippen molar-refractivity contribution in [3.63, 3.8) is 0 Å². The number of halogens is 2. The standard InChI is InChI=1S/C14H11Cl2N3O2S3/c15-13-6-12(14(16)23-13)24(20,21)18-10-7-17-19(8-10)9-22-11-4-2-1-3-5-11/h1-8,18H,9H2. The van der Waals surface area contributed by atoms with Gasteiger partial charge in [0.25, 0.3) is 10.0 Å². The van der Waals surface area contributed by atoms with Gasteiger partial charge in [-0.1, -0.05) is 41.4 Å². The number of hydrogen-bond acceptors (Lipinski definition) is 5. The van der Waals surface area contributed by atoms with Gasteiger partial charge in [0, 0.05) is 4.90 Å². The van der Waals surface area contributed by atoms with Crippen LogP contribution in [0.15, 0.2) is 58.6 Å². The summed E-state index contributed by atoms with van der Waals surface area (Å²) in [7, 11) is -3.79. The summed E-state index contributed by atoms with van der Waals surface area (Å²) in [6.45, 7) is 0. The van der Waals surface area contributed by atoms with Crippen LogP contribution in [0.5, 0.6) is 0 Å². The van der Waals surface area contributed by atoms with E-state index in [0.717, 1.165) is 16.2 Å². The van der Waals surface area contributed by atoms with Crippen molar-refractivity contribution in [1.82, 2.24) is 9.78 Å². The molecular formula is C14H11Cl2N3O2S3. The number of benzene rings is 1. The summed E-state index contributed by atoms with van der Waals surface area (Å²) >= 11 is 14.3. The average Bonchev–Trinajstić information content (AvgIpc) is 3.12. The van der Waals surface area contributed by atoms with Gasteiger partial charge >= 0.3 is 0 Å². The third-order valence-corrected chi connectivity index (χ3v) is 7.04. The molecular weight excluding hydrogens is 409 g/mol. The maximum absolute atomic E-state index is 12.3. The SMILES string of the molecule is O=S(=O)(Nc1cnn(CSc2ccccc2)c1)c1cc(Cl)sc1Cl. The summed E-state index contributed by atoms with van der Waals surface area (Å²) in [5.41, 5.74) is 0.363. The van der Waals surface area contributed by atoms with Crippen molar-refractivity contribution in [3.05, 3.63) is 57.5 Å². The molecule has 5 nitrogen and oxygen atoms in total. The molecule has 0 saturated heterocycles. The Balaban J connectivity index is 1.68. The van der Waals surface area contributed by atoms with E-state index in [4.69, 9.17) is 23.2 Å². The Kier molecular flexibility index (Phi) is 5.41. The number of sulfonamides is 1. The summed E-state index contributed by atoms with van der Waals surface area (Å²) in [5.74, 6) is 0.566. The molecule has 0 atom stereocenters. The molecule has 0 fully saturated rings. The maximum atomic E-state index is 12.3. The van der Waals surface area contributed by atoms with Crippen LogP contribution in [-0.2, 0) is 15.9 Å². The minimum atomic E-state index is -3.79. The highest BCUT2D eigenvalue weighted by atomic mass is 35.5. The van der Waals surface area contributed by atoms with Crippen LogP contribution in [0.3, 0.4) is 0 Å². The Morgan fingerprint density at radius 2 is 2.00 bits per heavy atom. The summed E-state index contributed by atoms with van der Waals surface area (Å²) in [6.07, 6.45) is 3.07. The van der Waals surface area contributed by atoms with Crippen LogP contribution in [0.2, 0.25) is 8.67 Å². The van der Waals surface area contributed by atoms with Gasteiger partial charge in [-0.15, -0.1) is 23.1 Å². The van der Waals surface area contributed by atoms with Crippen LogP contribution < -0.4 is 4.72 Å². The largest absolute Gasteiger partial charge is 0.276 e. The average molecular weight is 420 g/mol. The first-order valence-corrected chi connectivity index (χ1v) is 10.7. The molecule has 10 heteroatoms. The van der Waals surface area contributed by atoms with Gasteiger partial charge in [-0.3, -0.25) is 9.40 Å². The molecule has 2 heterocycles. The van der Waals surface area contributed by atoms with Crippen LogP contribution in [0.4, 0.5) is 5.69 Å². The summed E-state index contributed by atoms with van der Waals surface area (Å²) in [5, 5.41) is 4.15. The maximum Gasteiger partial charge on any atom is 0.264 e. The normalized spacial score (nSPS) is 11.6. The zero-order valence-corrected chi connectivity index (χ0v) is 16.0. The first-order valence-electron chi connectivity index (χ1n) is 6.62. The van der Waals surface area contributed by atoms with E-state index in [9.17, 15) is 8.42 Å². The number of hydrogen-bond donors (Lipinski definition) is 1. The summed E-state index contributed by atoms with van der Waals surface area (Å²) in [4.78, 5) is 1.07. The number of thiophene rings is 1. The van der Waals surface area contributed by atoms with E-state index in [0.29, 0.717) is 15.9 Å². The highest BCUT2D eigenvalue weighted by Crippen LogP contribution is 2.35. The second-order valence-electron chi connectivity index (χ2n) is 4.65. The molecule has 0 bridgehead atoms. The van der Waals surface area contributed by atoms with Crippen molar-refractivity contribution in [2.75, 3.05) is 4.72 Å². The monoisotopic (exact) mass is 419 g/mol. The first-order chi connectivity index (χ1) is 11.4. The number of nitrogens with zero attached hydrogens (tertiary/aromatic N) is 2. The number of anilines is 1. The van der Waals surface area contributed by atoms with E-state index in [-0.39, 0.29) is 9.23 Å². The Morgan fingerprint density at radius 1 is 1.25 bits per heavy atom. The zero-order valence-electron chi connectivity index (χ0n) is 12.0. The van der Waals surface area contributed by atoms with Gasteiger partial charge in [0.15, 0.2) is 0 Å². The molecule has 126 valence electrons. The predicted octanol–water partition coefficient (Wildman–Crippen LogP) is 4.80. The van der Waals surface area contributed by atoms with Crippen LogP contribution in [0.1, 0.15) is 0 Å². The Labute approximate surface area is 157 Å². The van der Waals surface area contributed by atoms with E-state index in [1.807, 2.05) is 30.3 Å². The van der Waals surface area contributed by atoms with Crippen molar-refractivity contribution in [2.24, 2.45) is 0 Å². The van der Waals surface area contributed by atoms with Crippen molar-refractivity contribution < 1.29 is 8.42 Å². The van der Waals surface area contributed by atoms with Gasteiger partial charge < -0.3 is 0 Å². The van der Waals surface area contributed by atoms with Crippen molar-refractivity contribution >= 4 is 62.0 Å². The molecule has 0 radical (unpaired) electrons. The third kappa shape index (κ3) is 4.25. The predicted molar refractivity (Wildman–Crippen MR) is 99.7 cm³/mol. The molecule has 1 aromatic carbocycles. The van der Waals surface area contributed by atoms with Crippen molar-refractivity contribution in [3.8, 4) is 0 Å². The van der Waals surface area contributed by atoms with Gasteiger partial charge in [-0.2, -0.15) is 5.10 Å². The van der Waals surface area contributed by atoms with Gasteiger partial charge in [0.2, 0.25) is 0 Å². The number of aromatic nitrogens is 2. The molecule has 3 aromatic rings. The van der Waals surface area contributed by atoms with E-state index >= 15 is 0 Å². The Morgan fingerprint density at radius 3 is 2.67 bits per heavy atom. The first kappa shape index (κ1) is 17.6. The lowest BCUT2D eigenvalue weighted by Crippen LogP contribution is -2.12. The lowest BCUT2D eigenvalue weighted by molar-refractivity contribution is 0.601. The molecule has 1 N–H and O–H groups in total. The van der Waals surface area contributed by atoms with Gasteiger partial charge in [0.1, 0.15) is 9.23 Å². The fraction of sp³-hybridized carbons (Fsp3) is 0.0714. The molecule has 2 aromatic heterocycles. The lowest BCUT2D eigenvalue weighted by Gasteiger charge is -2.04. The molecule has 0 aliphatic carbocycles. The molecule has 0 aliphatic heterocycles. The lowest BCUT2D eigenvalue weighted by atomic mass is 10.4. The van der Waals surface area contributed by atoms with E-state index in [2.05, 4.69) is 9.82 Å². The number of thioether (sulfide) groups is 1. The smallest absolute Gasteiger partial charge is 0.264 e. The highest BCUT2D eigenvalue weighted by Gasteiger charge is 2.21. The van der Waals surface area contributed by atoms with Gasteiger partial charge in [0.05, 0.1) is 28.3 Å².